The van der Waals surface area contributed by atoms with Crippen molar-refractivity contribution in [3.8, 4) is 0 Å². The van der Waals surface area contributed by atoms with E-state index >= 15 is 0 Å². The van der Waals surface area contributed by atoms with Crippen molar-refractivity contribution in [1.82, 2.24) is 20.8 Å². The highest BCUT2D eigenvalue weighted by molar-refractivity contribution is 6.31. The highest BCUT2D eigenvalue weighted by atomic mass is 35.5. The van der Waals surface area contributed by atoms with Crippen molar-refractivity contribution in [2.75, 3.05) is 19.7 Å². The molecule has 0 bridgehead atoms. The second-order valence-corrected chi connectivity index (χ2v) is 6.01. The second kappa shape index (κ2) is 10.8. The number of hydrogen-bond donors (Lipinski definition) is 2. The average molecular weight is 380 g/mol. The Morgan fingerprint density at radius 2 is 2.12 bits per heavy atom. The number of halogens is 1. The third kappa shape index (κ3) is 6.31. The number of aromatic nitrogens is 2. The first-order valence-electron chi connectivity index (χ1n) is 8.83. The lowest BCUT2D eigenvalue weighted by molar-refractivity contribution is 0.0683. The Morgan fingerprint density at radius 1 is 1.31 bits per heavy atom. The molecule has 0 spiro atoms. The van der Waals surface area contributed by atoms with Gasteiger partial charge in [0.2, 0.25) is 5.89 Å². The fraction of sp³-hybridized carbons (Fsp3) is 0.500. The fourth-order valence-corrected chi connectivity index (χ4v) is 2.56. The van der Waals surface area contributed by atoms with E-state index in [1.807, 2.05) is 45.0 Å². The molecule has 2 aromatic rings. The molecule has 0 aliphatic heterocycles. The largest absolute Gasteiger partial charge is 0.371 e. The number of nitrogens with zero attached hydrogens (tertiary/aromatic N) is 3. The van der Waals surface area contributed by atoms with Gasteiger partial charge in [0.15, 0.2) is 11.8 Å². The molecule has 1 aromatic carbocycles. The van der Waals surface area contributed by atoms with Crippen molar-refractivity contribution >= 4 is 17.6 Å². The molecular weight excluding hydrogens is 354 g/mol. The topological polar surface area (TPSA) is 84.6 Å². The Balaban J connectivity index is 1.89. The van der Waals surface area contributed by atoms with Crippen LogP contribution in [0.25, 0.3) is 0 Å². The SMILES string of the molecule is CCNC(=NCc1nc(C(C)OCC)no1)NCCc1ccccc1Cl. The van der Waals surface area contributed by atoms with Gasteiger partial charge >= 0.3 is 0 Å². The van der Waals surface area contributed by atoms with Crippen LogP contribution in [0.2, 0.25) is 5.02 Å². The van der Waals surface area contributed by atoms with Gasteiger partial charge in [-0.2, -0.15) is 4.98 Å². The number of rotatable bonds is 9. The molecule has 1 unspecified atom stereocenters. The van der Waals surface area contributed by atoms with Crippen molar-refractivity contribution in [2.45, 2.75) is 39.8 Å². The van der Waals surface area contributed by atoms with Gasteiger partial charge in [-0.1, -0.05) is 35.0 Å². The number of aliphatic imine (C=N–C) groups is 1. The smallest absolute Gasteiger partial charge is 0.248 e. The molecular formula is C18H26ClN5O2. The van der Waals surface area contributed by atoms with E-state index in [9.17, 15) is 0 Å². The Labute approximate surface area is 159 Å². The molecule has 0 amide bonds. The molecule has 1 atom stereocenters. The maximum absolute atomic E-state index is 6.18. The van der Waals surface area contributed by atoms with Crippen LogP contribution in [0, 0.1) is 0 Å². The number of guanidine groups is 1. The lowest BCUT2D eigenvalue weighted by Gasteiger charge is -2.11. The van der Waals surface area contributed by atoms with Crippen molar-refractivity contribution in [3.63, 3.8) is 0 Å². The van der Waals surface area contributed by atoms with E-state index < -0.39 is 0 Å². The lowest BCUT2D eigenvalue weighted by Crippen LogP contribution is -2.38. The van der Waals surface area contributed by atoms with E-state index in [2.05, 4.69) is 25.8 Å². The normalized spacial score (nSPS) is 12.8. The Morgan fingerprint density at radius 3 is 2.85 bits per heavy atom. The molecule has 7 nitrogen and oxygen atoms in total. The summed E-state index contributed by atoms with van der Waals surface area (Å²) in [5, 5.41) is 11.2. The molecule has 2 N–H and O–H groups in total. The van der Waals surface area contributed by atoms with E-state index in [4.69, 9.17) is 20.9 Å². The third-order valence-corrected chi connectivity index (χ3v) is 3.99. The summed E-state index contributed by atoms with van der Waals surface area (Å²) in [4.78, 5) is 8.80. The first-order valence-corrected chi connectivity index (χ1v) is 9.21. The van der Waals surface area contributed by atoms with Gasteiger partial charge in [-0.25, -0.2) is 4.99 Å². The molecule has 0 radical (unpaired) electrons. The summed E-state index contributed by atoms with van der Waals surface area (Å²) in [6.07, 6.45) is 0.615. The summed E-state index contributed by atoms with van der Waals surface area (Å²) in [5.74, 6) is 1.68. The maximum atomic E-state index is 6.18. The summed E-state index contributed by atoms with van der Waals surface area (Å²) in [5.41, 5.74) is 1.10. The summed E-state index contributed by atoms with van der Waals surface area (Å²) >= 11 is 6.18. The van der Waals surface area contributed by atoms with Crippen molar-refractivity contribution < 1.29 is 9.26 Å². The molecule has 26 heavy (non-hydrogen) atoms. The van der Waals surface area contributed by atoms with Crippen LogP contribution in [0.15, 0.2) is 33.8 Å². The predicted octanol–water partition coefficient (Wildman–Crippen LogP) is 3.12. The van der Waals surface area contributed by atoms with Gasteiger partial charge in [0.05, 0.1) is 0 Å². The molecule has 142 valence electrons. The second-order valence-electron chi connectivity index (χ2n) is 5.61. The molecule has 0 fully saturated rings. The van der Waals surface area contributed by atoms with E-state index in [0.717, 1.165) is 23.6 Å². The Kier molecular flexibility index (Phi) is 8.37. The van der Waals surface area contributed by atoms with Crippen LogP contribution < -0.4 is 10.6 Å². The Hall–Kier alpha value is -2.12. The van der Waals surface area contributed by atoms with Crippen LogP contribution >= 0.6 is 11.6 Å². The zero-order valence-corrected chi connectivity index (χ0v) is 16.2. The summed E-state index contributed by atoms with van der Waals surface area (Å²) in [7, 11) is 0. The van der Waals surface area contributed by atoms with Crippen molar-refractivity contribution in [1.29, 1.82) is 0 Å². The van der Waals surface area contributed by atoms with E-state index in [1.54, 1.807) is 0 Å². The number of nitrogens with one attached hydrogen (secondary N) is 2. The maximum Gasteiger partial charge on any atom is 0.248 e. The van der Waals surface area contributed by atoms with Gasteiger partial charge in [-0.15, -0.1) is 0 Å². The molecule has 0 aliphatic carbocycles. The minimum Gasteiger partial charge on any atom is -0.371 e. The highest BCUT2D eigenvalue weighted by Crippen LogP contribution is 2.15. The van der Waals surface area contributed by atoms with E-state index in [1.165, 1.54) is 0 Å². The van der Waals surface area contributed by atoms with Crippen LogP contribution in [0.5, 0.6) is 0 Å². The lowest BCUT2D eigenvalue weighted by atomic mass is 10.1. The summed E-state index contributed by atoms with van der Waals surface area (Å²) in [6, 6.07) is 7.83. The standard InChI is InChI=1S/C18H26ClN5O2/c1-4-20-18(21-11-10-14-8-6-7-9-15(14)19)22-12-16-23-17(24-26-16)13(3)25-5-2/h6-9,13H,4-5,10-12H2,1-3H3,(H2,20,21,22). The Bertz CT molecular complexity index is 704. The van der Waals surface area contributed by atoms with Crippen LogP contribution in [-0.4, -0.2) is 35.8 Å². The van der Waals surface area contributed by atoms with Crippen LogP contribution in [0.3, 0.4) is 0 Å². The summed E-state index contributed by atoms with van der Waals surface area (Å²) in [6.45, 7) is 8.21. The van der Waals surface area contributed by atoms with Crippen LogP contribution in [0.1, 0.15) is 44.2 Å². The monoisotopic (exact) mass is 379 g/mol. The molecule has 2 rings (SSSR count). The molecule has 0 aliphatic rings. The zero-order chi connectivity index (χ0) is 18.8. The minimum atomic E-state index is -0.191. The molecule has 1 aromatic heterocycles. The number of benzene rings is 1. The summed E-state index contributed by atoms with van der Waals surface area (Å²) < 4.78 is 10.7. The van der Waals surface area contributed by atoms with Gasteiger partial charge in [0.1, 0.15) is 12.6 Å². The molecule has 8 heteroatoms. The van der Waals surface area contributed by atoms with Crippen molar-refractivity contribution in [2.24, 2.45) is 4.99 Å². The van der Waals surface area contributed by atoms with E-state index in [-0.39, 0.29) is 6.10 Å². The number of ether oxygens (including phenoxy) is 1. The van der Waals surface area contributed by atoms with Crippen LogP contribution in [-0.2, 0) is 17.7 Å². The minimum absolute atomic E-state index is 0.191. The van der Waals surface area contributed by atoms with Gasteiger partial charge in [-0.05, 0) is 38.8 Å². The van der Waals surface area contributed by atoms with Gasteiger partial charge < -0.3 is 19.9 Å². The quantitative estimate of drug-likeness (QED) is 0.514. The van der Waals surface area contributed by atoms with Gasteiger partial charge in [0.25, 0.3) is 0 Å². The molecule has 0 saturated carbocycles. The van der Waals surface area contributed by atoms with Gasteiger partial charge in [-0.3, -0.25) is 0 Å². The van der Waals surface area contributed by atoms with Crippen molar-refractivity contribution in [3.05, 3.63) is 46.6 Å². The first-order chi connectivity index (χ1) is 12.6. The fourth-order valence-electron chi connectivity index (χ4n) is 2.33. The first kappa shape index (κ1) is 20.2. The molecule has 0 saturated heterocycles. The zero-order valence-electron chi connectivity index (χ0n) is 15.5. The van der Waals surface area contributed by atoms with E-state index in [0.29, 0.717) is 37.4 Å². The predicted molar refractivity (Wildman–Crippen MR) is 102 cm³/mol. The highest BCUT2D eigenvalue weighted by Gasteiger charge is 2.13. The molecule has 1 heterocycles. The third-order valence-electron chi connectivity index (χ3n) is 3.63. The van der Waals surface area contributed by atoms with Crippen LogP contribution in [0.4, 0.5) is 0 Å². The van der Waals surface area contributed by atoms with Gasteiger partial charge in [0, 0.05) is 24.7 Å². The average Bonchev–Trinajstić information content (AvgIpc) is 3.10. The number of hydrogen-bond acceptors (Lipinski definition) is 5.